The summed E-state index contributed by atoms with van der Waals surface area (Å²) < 4.78 is 15.5. The van der Waals surface area contributed by atoms with Gasteiger partial charge in [0.1, 0.15) is 36.1 Å². The number of piperidine rings is 1. The summed E-state index contributed by atoms with van der Waals surface area (Å²) in [6, 6.07) is 12.0. The molecule has 4 aliphatic rings. The number of halogens is 3. The molecule has 4 fully saturated rings. The molecule has 2 atom stereocenters. The topological polar surface area (TPSA) is 129 Å². The minimum Gasteiger partial charge on any atom is -0.398 e. The van der Waals surface area contributed by atoms with Crippen molar-refractivity contribution in [3.05, 3.63) is 63.4 Å². The van der Waals surface area contributed by atoms with E-state index in [4.69, 9.17) is 49.2 Å². The van der Waals surface area contributed by atoms with E-state index >= 15 is 0 Å². The van der Waals surface area contributed by atoms with Crippen molar-refractivity contribution in [1.29, 1.82) is 0 Å². The van der Waals surface area contributed by atoms with Gasteiger partial charge in [0, 0.05) is 80.7 Å². The van der Waals surface area contributed by atoms with Gasteiger partial charge >= 0.3 is 0 Å². The van der Waals surface area contributed by atoms with E-state index in [0.29, 0.717) is 33.2 Å². The van der Waals surface area contributed by atoms with Crippen LogP contribution in [0.4, 0.5) is 28.7 Å². The quantitative estimate of drug-likeness (QED) is 0.0315. The van der Waals surface area contributed by atoms with Gasteiger partial charge in [-0.1, -0.05) is 74.0 Å². The number of hydrogen-bond donors (Lipinski definition) is 3. The van der Waals surface area contributed by atoms with E-state index in [1.54, 1.807) is 12.4 Å². The summed E-state index contributed by atoms with van der Waals surface area (Å²) in [4.78, 5) is 30.9. The van der Waals surface area contributed by atoms with Crippen molar-refractivity contribution in [2.24, 2.45) is 0 Å². The van der Waals surface area contributed by atoms with Crippen LogP contribution in [0.15, 0.2) is 42.7 Å². The van der Waals surface area contributed by atoms with Crippen LogP contribution in [0.1, 0.15) is 77.2 Å². The number of nitrogen functional groups attached to an aromatic ring is 1. The molecule has 0 radical (unpaired) electrons. The van der Waals surface area contributed by atoms with Crippen molar-refractivity contribution in [1.82, 2.24) is 24.7 Å². The number of pyridine rings is 2. The highest BCUT2D eigenvalue weighted by atomic mass is 35.5. The smallest absolute Gasteiger partial charge is 0.149 e. The second-order valence-electron chi connectivity index (χ2n) is 16.0. The van der Waals surface area contributed by atoms with Crippen LogP contribution >= 0.6 is 59.3 Å². The third-order valence-corrected chi connectivity index (χ3v) is 14.2. The maximum atomic E-state index is 6.59. The SMILES string of the molecule is CC[C@H]1CN(c2ncc(NSOOC)cc2Cl)CCN1C1CCCCC1.CC[C@H]1CN(c2ncc(NSOOC)cc2Cl)CCN1C1CCN(Cc2ccc(Cl)cc2N)CC1. The van der Waals surface area contributed by atoms with Crippen LogP contribution in [0.25, 0.3) is 0 Å². The van der Waals surface area contributed by atoms with Gasteiger partial charge in [-0.15, -0.1) is 8.67 Å². The highest BCUT2D eigenvalue weighted by Crippen LogP contribution is 2.34. The van der Waals surface area contributed by atoms with E-state index in [-0.39, 0.29) is 0 Å². The van der Waals surface area contributed by atoms with Crippen LogP contribution in [0.2, 0.25) is 15.1 Å². The number of nitrogens with two attached hydrogens (primary N) is 1. The van der Waals surface area contributed by atoms with Crippen LogP contribution in [-0.4, -0.2) is 115 Å². The molecule has 19 heteroatoms. The van der Waals surface area contributed by atoms with E-state index in [2.05, 4.69) is 67.5 Å². The van der Waals surface area contributed by atoms with Crippen LogP contribution in [-0.2, 0) is 25.0 Å². The van der Waals surface area contributed by atoms with E-state index in [1.807, 2.05) is 30.3 Å². The molecule has 1 aliphatic carbocycles. The maximum absolute atomic E-state index is 6.59. The maximum Gasteiger partial charge on any atom is 0.149 e. The number of rotatable bonds is 16. The summed E-state index contributed by atoms with van der Waals surface area (Å²) in [6.07, 6.45) is 15.0. The zero-order chi connectivity index (χ0) is 43.1. The summed E-state index contributed by atoms with van der Waals surface area (Å²) in [5, 5.41) is 1.98. The summed E-state index contributed by atoms with van der Waals surface area (Å²) in [5.74, 6) is 1.71. The Morgan fingerprint density at radius 2 is 1.20 bits per heavy atom. The molecule has 1 saturated carbocycles. The number of anilines is 5. The molecule has 3 aromatic rings. The number of aromatic nitrogens is 2. The molecule has 4 N–H and O–H groups in total. The van der Waals surface area contributed by atoms with Crippen LogP contribution < -0.4 is 25.0 Å². The molecule has 3 saturated heterocycles. The van der Waals surface area contributed by atoms with Crippen molar-refractivity contribution >= 4 is 88.0 Å². The molecule has 5 heterocycles. The number of likely N-dealkylation sites (tertiary alicyclic amines) is 1. The lowest BCUT2D eigenvalue weighted by atomic mass is 9.92. The summed E-state index contributed by atoms with van der Waals surface area (Å²) >= 11 is 21.1. The first-order valence-electron chi connectivity index (χ1n) is 21.5. The summed E-state index contributed by atoms with van der Waals surface area (Å²) in [6.45, 7) is 13.5. The Bertz CT molecular complexity index is 1800. The molecule has 2 aromatic heterocycles. The van der Waals surface area contributed by atoms with Crippen molar-refractivity contribution in [2.45, 2.75) is 102 Å². The first-order valence-corrected chi connectivity index (χ1v) is 24.2. The Hall–Kier alpha value is -2.19. The minimum atomic E-state index is 0.480. The van der Waals surface area contributed by atoms with Gasteiger partial charge in [0.2, 0.25) is 0 Å². The second-order valence-corrected chi connectivity index (χ2v) is 18.3. The average molecular weight is 943 g/mol. The molecule has 338 valence electrons. The monoisotopic (exact) mass is 940 g/mol. The first-order chi connectivity index (χ1) is 29.7. The second kappa shape index (κ2) is 24.8. The van der Waals surface area contributed by atoms with Gasteiger partial charge in [-0.2, -0.15) is 0 Å². The number of benzene rings is 1. The highest BCUT2D eigenvalue weighted by molar-refractivity contribution is 7.96. The zero-order valence-electron chi connectivity index (χ0n) is 35.9. The fraction of sp³-hybridized carbons (Fsp3) is 0.619. The predicted molar refractivity (Wildman–Crippen MR) is 254 cm³/mol. The third kappa shape index (κ3) is 13.7. The fourth-order valence-electron chi connectivity index (χ4n) is 9.22. The Balaban J connectivity index is 0.000000213. The van der Waals surface area contributed by atoms with Gasteiger partial charge in [-0.3, -0.25) is 14.7 Å². The largest absolute Gasteiger partial charge is 0.398 e. The van der Waals surface area contributed by atoms with Crippen LogP contribution in [0, 0.1) is 0 Å². The molecule has 0 unspecified atom stereocenters. The van der Waals surface area contributed by atoms with E-state index < -0.39 is 0 Å². The highest BCUT2D eigenvalue weighted by Gasteiger charge is 2.35. The van der Waals surface area contributed by atoms with Crippen molar-refractivity contribution in [3.8, 4) is 0 Å². The van der Waals surface area contributed by atoms with Gasteiger partial charge in [0.15, 0.2) is 0 Å². The minimum absolute atomic E-state index is 0.480. The van der Waals surface area contributed by atoms with E-state index in [9.17, 15) is 0 Å². The molecular weight excluding hydrogens is 879 g/mol. The fourth-order valence-corrected chi connectivity index (χ4v) is 10.6. The molecule has 61 heavy (non-hydrogen) atoms. The van der Waals surface area contributed by atoms with Crippen molar-refractivity contribution in [3.63, 3.8) is 0 Å². The predicted octanol–water partition coefficient (Wildman–Crippen LogP) is 9.61. The van der Waals surface area contributed by atoms with E-state index in [0.717, 1.165) is 137 Å². The Labute approximate surface area is 386 Å². The van der Waals surface area contributed by atoms with Gasteiger partial charge < -0.3 is 25.0 Å². The lowest BCUT2D eigenvalue weighted by molar-refractivity contribution is -0.159. The Morgan fingerprint density at radius 1 is 0.689 bits per heavy atom. The number of nitrogens with one attached hydrogen (secondary N) is 2. The third-order valence-electron chi connectivity index (χ3n) is 12.3. The molecule has 0 bridgehead atoms. The molecule has 7 rings (SSSR count). The van der Waals surface area contributed by atoms with Crippen molar-refractivity contribution in [2.75, 3.05) is 91.6 Å². The molecule has 3 aliphatic heterocycles. The zero-order valence-corrected chi connectivity index (χ0v) is 39.8. The Kier molecular flexibility index (Phi) is 19.6. The van der Waals surface area contributed by atoms with Gasteiger partial charge in [-0.05, 0) is 81.4 Å². The molecular formula is C42H63Cl3N10O4S2. The normalized spacial score (nSPS) is 21.3. The molecule has 0 amide bonds. The summed E-state index contributed by atoms with van der Waals surface area (Å²) in [5.41, 5.74) is 9.65. The number of hydrogen-bond acceptors (Lipinski definition) is 16. The summed E-state index contributed by atoms with van der Waals surface area (Å²) in [7, 11) is 2.91. The van der Waals surface area contributed by atoms with Gasteiger partial charge in [-0.25, -0.2) is 19.7 Å². The molecule has 14 nitrogen and oxygen atoms in total. The standard InChI is InChI=1S/C24H34Cl2N6O2S.C18H29ClN4O2S/c1-3-20-16-31(24-22(26)13-19(14-28-24)29-35-34-33-2)10-11-32(20)21-6-8-30(9-7-21)15-17-4-5-18(25)12-23(17)27;1-3-15-13-22(9-10-23(15)16-7-5-4-6-8-16)18-17(19)11-14(12-20-18)21-26-25-24-2/h4-5,12-14,20-21,29H,3,6-11,15-16,27H2,1-2H3;11-12,15-16,21H,3-10,13H2,1-2H3/t20-;15-/m00/s1. The average Bonchev–Trinajstić information content (AvgIpc) is 3.28. The van der Waals surface area contributed by atoms with Gasteiger partial charge in [0.05, 0.1) is 48.0 Å². The van der Waals surface area contributed by atoms with Crippen molar-refractivity contribution < 1.29 is 18.4 Å². The lowest BCUT2D eigenvalue weighted by Crippen LogP contribution is -2.58. The molecule has 1 aromatic carbocycles. The Morgan fingerprint density at radius 3 is 1.66 bits per heavy atom. The van der Waals surface area contributed by atoms with Crippen LogP contribution in [0.5, 0.6) is 0 Å². The lowest BCUT2D eigenvalue weighted by Gasteiger charge is -2.47. The number of piperazine rings is 2. The van der Waals surface area contributed by atoms with E-state index in [1.165, 1.54) is 59.2 Å². The molecule has 0 spiro atoms. The van der Waals surface area contributed by atoms with Crippen LogP contribution in [0.3, 0.4) is 0 Å². The van der Waals surface area contributed by atoms with Gasteiger partial charge in [0.25, 0.3) is 0 Å². The first kappa shape index (κ1) is 48.3. The number of nitrogens with zero attached hydrogens (tertiary/aromatic N) is 7.